The highest BCUT2D eigenvalue weighted by Gasteiger charge is 2.17. The number of hydrogen-bond donors (Lipinski definition) is 0. The van der Waals surface area contributed by atoms with Crippen LogP contribution in [0.15, 0.2) is 0 Å². The molecule has 13 heavy (non-hydrogen) atoms. The first-order valence-electron chi connectivity index (χ1n) is 5.42. The van der Waals surface area contributed by atoms with Crippen molar-refractivity contribution in [1.29, 1.82) is 0 Å². The van der Waals surface area contributed by atoms with Gasteiger partial charge in [-0.05, 0) is 24.8 Å². The van der Waals surface area contributed by atoms with Crippen LogP contribution in [0.3, 0.4) is 0 Å². The van der Waals surface area contributed by atoms with Gasteiger partial charge in [0.15, 0.2) is 0 Å². The third-order valence-corrected chi connectivity index (χ3v) is 6.25. The van der Waals surface area contributed by atoms with Crippen molar-refractivity contribution in [2.75, 3.05) is 0 Å². The fraction of sp³-hybridized carbons (Fsp3) is 0.889. The Labute approximate surface area is 85.3 Å². The lowest BCUT2D eigenvalue weighted by Gasteiger charge is -2.20. The highest BCUT2D eigenvalue weighted by Crippen LogP contribution is 2.25. The van der Waals surface area contributed by atoms with Crippen LogP contribution >= 0.6 is 0 Å². The molecule has 0 radical (unpaired) electrons. The topological polar surface area (TPSA) is 26.3 Å². The Bertz CT molecular complexity index is 152. The Morgan fingerprint density at radius 3 is 2.77 bits per heavy atom. The Balaban J connectivity index is 1.99. The molecule has 2 nitrogen and oxygen atoms in total. The second-order valence-electron chi connectivity index (χ2n) is 3.82. The van der Waals surface area contributed by atoms with Gasteiger partial charge in [-0.25, -0.2) is 0 Å². The van der Waals surface area contributed by atoms with Crippen LogP contribution in [0.25, 0.3) is 0 Å². The summed E-state index contributed by atoms with van der Waals surface area (Å²) in [5, 5.41) is 0. The van der Waals surface area contributed by atoms with Crippen molar-refractivity contribution in [3.05, 3.63) is 0 Å². The van der Waals surface area contributed by atoms with E-state index in [1.165, 1.54) is 12.5 Å². The van der Waals surface area contributed by atoms with Crippen LogP contribution in [0.5, 0.6) is 0 Å². The van der Waals surface area contributed by atoms with Crippen LogP contribution in [0.4, 0.5) is 0 Å². The van der Waals surface area contributed by atoms with Crippen LogP contribution in [0.1, 0.15) is 32.1 Å². The maximum absolute atomic E-state index is 11.0. The first kappa shape index (κ1) is 11.1. The third-order valence-electron chi connectivity index (χ3n) is 2.77. The average molecular weight is 216 g/mol. The van der Waals surface area contributed by atoms with Gasteiger partial charge in [-0.3, -0.25) is 4.79 Å². The molecule has 0 spiro atoms. The third kappa shape index (κ3) is 4.73. The van der Waals surface area contributed by atoms with E-state index in [0.29, 0.717) is 5.78 Å². The van der Waals surface area contributed by atoms with E-state index in [4.69, 9.17) is 4.12 Å². The molecule has 0 saturated heterocycles. The zero-order valence-electron chi connectivity index (χ0n) is 8.55. The van der Waals surface area contributed by atoms with Crippen molar-refractivity contribution in [3.63, 3.8) is 0 Å². The predicted molar refractivity (Wildman–Crippen MR) is 60.4 cm³/mol. The Morgan fingerprint density at radius 1 is 1.46 bits per heavy atom. The van der Waals surface area contributed by atoms with E-state index in [-0.39, 0.29) is 19.5 Å². The molecule has 1 aliphatic rings. The molecule has 1 rings (SSSR count). The van der Waals surface area contributed by atoms with E-state index in [9.17, 15) is 4.79 Å². The minimum atomic E-state index is -0.170. The van der Waals surface area contributed by atoms with E-state index in [1.54, 1.807) is 0 Å². The molecule has 0 heterocycles. The molecule has 0 amide bonds. The molecule has 0 aliphatic heterocycles. The first-order valence-corrected chi connectivity index (χ1v) is 8.99. The number of hydrogen-bond acceptors (Lipinski definition) is 2. The maximum Gasteiger partial charge on any atom is 0.146 e. The Hall–Kier alpha value is 0.0638. The summed E-state index contributed by atoms with van der Waals surface area (Å²) in [6.45, 7) is 2.20. The second kappa shape index (κ2) is 6.51. The van der Waals surface area contributed by atoms with Gasteiger partial charge in [-0.1, -0.05) is 13.0 Å². The van der Waals surface area contributed by atoms with Gasteiger partial charge >= 0.3 is 0 Å². The maximum atomic E-state index is 11.0. The summed E-state index contributed by atoms with van der Waals surface area (Å²) in [7, 11) is -0.306. The molecule has 4 heteroatoms. The number of ketones is 1. The minimum absolute atomic E-state index is 0.136. The van der Waals surface area contributed by atoms with Crippen LogP contribution in [0, 0.1) is 5.92 Å². The van der Waals surface area contributed by atoms with Crippen molar-refractivity contribution in [1.82, 2.24) is 0 Å². The lowest BCUT2D eigenvalue weighted by molar-refractivity contribution is -0.121. The molecule has 1 saturated carbocycles. The summed E-state index contributed by atoms with van der Waals surface area (Å²) in [5.41, 5.74) is 0. The number of Topliss-reactive ketones (excluding diaryl/α,β-unsaturated/α-hetero) is 1. The monoisotopic (exact) mass is 216 g/mol. The van der Waals surface area contributed by atoms with Crippen LogP contribution in [0.2, 0.25) is 12.6 Å². The summed E-state index contributed by atoms with van der Waals surface area (Å²) in [6.07, 6.45) is 5.31. The van der Waals surface area contributed by atoms with E-state index in [0.717, 1.165) is 31.6 Å². The molecular formula is C9H20O2Si2. The number of carbonyl (C=O) groups is 1. The lowest BCUT2D eigenvalue weighted by Crippen LogP contribution is -2.14. The van der Waals surface area contributed by atoms with Crippen molar-refractivity contribution in [2.45, 2.75) is 44.7 Å². The van der Waals surface area contributed by atoms with Gasteiger partial charge in [0, 0.05) is 12.8 Å². The van der Waals surface area contributed by atoms with Gasteiger partial charge in [-0.2, -0.15) is 0 Å². The first-order chi connectivity index (χ1) is 6.33. The Morgan fingerprint density at radius 2 is 2.15 bits per heavy atom. The zero-order valence-corrected chi connectivity index (χ0v) is 11.4. The largest absolute Gasteiger partial charge is 0.465 e. The van der Waals surface area contributed by atoms with E-state index >= 15 is 0 Å². The molecule has 0 aromatic carbocycles. The van der Waals surface area contributed by atoms with Gasteiger partial charge in [0.25, 0.3) is 0 Å². The van der Waals surface area contributed by atoms with Gasteiger partial charge < -0.3 is 4.12 Å². The smallest absolute Gasteiger partial charge is 0.146 e. The zero-order chi connectivity index (χ0) is 9.52. The lowest BCUT2D eigenvalue weighted by atomic mass is 9.87. The summed E-state index contributed by atoms with van der Waals surface area (Å²) >= 11 is 0. The number of carbonyl (C=O) groups excluding carboxylic acids is 1. The summed E-state index contributed by atoms with van der Waals surface area (Å²) in [4.78, 5) is 11.0. The molecule has 0 unspecified atom stereocenters. The normalized spacial score (nSPS) is 21.2. The van der Waals surface area contributed by atoms with E-state index in [1.807, 2.05) is 0 Å². The average Bonchev–Trinajstić information content (AvgIpc) is 2.15. The van der Waals surface area contributed by atoms with Crippen molar-refractivity contribution < 1.29 is 8.91 Å². The van der Waals surface area contributed by atoms with Crippen molar-refractivity contribution in [2.24, 2.45) is 5.92 Å². The highest BCUT2D eigenvalue weighted by atomic mass is 28.3. The molecule has 1 aliphatic carbocycles. The number of rotatable bonds is 5. The Kier molecular flexibility index (Phi) is 5.58. The molecular weight excluding hydrogens is 196 g/mol. The SMILES string of the molecule is C[SiH2]O[SiH2]CCC1CCC(=O)CC1. The highest BCUT2D eigenvalue weighted by molar-refractivity contribution is 6.41. The summed E-state index contributed by atoms with van der Waals surface area (Å²) in [5.74, 6) is 1.32. The molecule has 0 aromatic rings. The fourth-order valence-corrected chi connectivity index (χ4v) is 4.62. The molecule has 0 bridgehead atoms. The van der Waals surface area contributed by atoms with Gasteiger partial charge in [-0.15, -0.1) is 0 Å². The van der Waals surface area contributed by atoms with E-state index < -0.39 is 0 Å². The van der Waals surface area contributed by atoms with E-state index in [2.05, 4.69) is 6.55 Å². The standard InChI is InChI=1S/C9H20O2Si2/c1-12-11-13-7-6-8-2-4-9(10)5-3-8/h8H,2-7,12-13H2,1H3. The van der Waals surface area contributed by atoms with Gasteiger partial charge in [0.05, 0.1) is 0 Å². The van der Waals surface area contributed by atoms with Crippen molar-refractivity contribution in [3.8, 4) is 0 Å². The van der Waals surface area contributed by atoms with Crippen LogP contribution in [-0.4, -0.2) is 25.3 Å². The van der Waals surface area contributed by atoms with Crippen LogP contribution in [-0.2, 0) is 8.91 Å². The predicted octanol–water partition coefficient (Wildman–Crippen LogP) is 0.786. The second-order valence-corrected chi connectivity index (χ2v) is 7.15. The fourth-order valence-electron chi connectivity index (χ4n) is 1.91. The quantitative estimate of drug-likeness (QED) is 0.502. The molecule has 76 valence electrons. The van der Waals surface area contributed by atoms with Gasteiger partial charge in [0.2, 0.25) is 0 Å². The molecule has 0 atom stereocenters. The molecule has 0 N–H and O–H groups in total. The minimum Gasteiger partial charge on any atom is -0.465 e. The summed E-state index contributed by atoms with van der Waals surface area (Å²) < 4.78 is 5.56. The van der Waals surface area contributed by atoms with Crippen molar-refractivity contribution >= 4 is 25.3 Å². The van der Waals surface area contributed by atoms with Crippen LogP contribution < -0.4 is 0 Å². The molecule has 0 aromatic heterocycles. The molecule has 1 fully saturated rings. The van der Waals surface area contributed by atoms with Gasteiger partial charge in [0.1, 0.15) is 25.3 Å². The summed E-state index contributed by atoms with van der Waals surface area (Å²) in [6, 6.07) is 1.33.